The molecule has 2 fully saturated rings. The third-order valence-electron chi connectivity index (χ3n) is 4.76. The van der Waals surface area contributed by atoms with Crippen molar-refractivity contribution in [1.82, 2.24) is 9.88 Å². The zero-order valence-corrected chi connectivity index (χ0v) is 12.4. The zero-order valence-electron chi connectivity index (χ0n) is 12.4. The van der Waals surface area contributed by atoms with Crippen molar-refractivity contribution < 1.29 is 4.42 Å². The summed E-state index contributed by atoms with van der Waals surface area (Å²) in [6.07, 6.45) is 5.67. The van der Waals surface area contributed by atoms with Crippen molar-refractivity contribution in [2.45, 2.75) is 38.3 Å². The molecule has 4 rings (SSSR count). The second-order valence-electron chi connectivity index (χ2n) is 6.11. The number of rotatable bonds is 3. The van der Waals surface area contributed by atoms with Crippen LogP contribution in [0.1, 0.15) is 25.2 Å². The minimum Gasteiger partial charge on any atom is -0.449 e. The minimum atomic E-state index is 0.604. The van der Waals surface area contributed by atoms with Crippen LogP contribution in [0.3, 0.4) is 0 Å². The van der Waals surface area contributed by atoms with E-state index in [0.717, 1.165) is 17.3 Å². The Morgan fingerprint density at radius 3 is 2.81 bits per heavy atom. The lowest BCUT2D eigenvalue weighted by Crippen LogP contribution is -2.33. The van der Waals surface area contributed by atoms with Crippen LogP contribution < -0.4 is 5.32 Å². The largest absolute Gasteiger partial charge is 0.449 e. The Morgan fingerprint density at radius 2 is 2.05 bits per heavy atom. The number of benzene rings is 1. The van der Waals surface area contributed by atoms with E-state index in [2.05, 4.69) is 39.5 Å². The van der Waals surface area contributed by atoms with Gasteiger partial charge < -0.3 is 9.73 Å². The predicted octanol–water partition coefficient (Wildman–Crippen LogP) is 3.30. The summed E-state index contributed by atoms with van der Waals surface area (Å²) in [4.78, 5) is 6.99. The fourth-order valence-electron chi connectivity index (χ4n) is 3.70. The number of aryl methyl sites for hydroxylation is 1. The molecule has 2 aliphatic rings. The van der Waals surface area contributed by atoms with Gasteiger partial charge in [-0.3, -0.25) is 4.90 Å². The van der Waals surface area contributed by atoms with Gasteiger partial charge in [0.25, 0.3) is 0 Å². The fourth-order valence-corrected chi connectivity index (χ4v) is 3.70. The van der Waals surface area contributed by atoms with Gasteiger partial charge in [-0.2, -0.15) is 0 Å². The third-order valence-corrected chi connectivity index (χ3v) is 4.76. The summed E-state index contributed by atoms with van der Waals surface area (Å²) in [6, 6.07) is 9.87. The van der Waals surface area contributed by atoms with Crippen LogP contribution in [0.25, 0.3) is 11.3 Å². The third kappa shape index (κ3) is 2.44. The van der Waals surface area contributed by atoms with E-state index in [1.807, 2.05) is 6.92 Å². The Morgan fingerprint density at radius 1 is 1.19 bits per heavy atom. The molecule has 2 aromatic rings. The molecule has 4 heteroatoms. The second kappa shape index (κ2) is 5.19. The average molecular weight is 283 g/mol. The molecule has 0 radical (unpaired) electrons. The molecule has 2 saturated heterocycles. The molecule has 0 aliphatic carbocycles. The highest BCUT2D eigenvalue weighted by Gasteiger charge is 2.36. The molecule has 2 atom stereocenters. The van der Waals surface area contributed by atoms with Crippen molar-refractivity contribution in [2.24, 2.45) is 0 Å². The first-order valence-electron chi connectivity index (χ1n) is 7.83. The molecule has 0 spiro atoms. The summed E-state index contributed by atoms with van der Waals surface area (Å²) < 4.78 is 5.27. The number of hydrogen-bond donors (Lipinski definition) is 1. The van der Waals surface area contributed by atoms with E-state index in [4.69, 9.17) is 4.42 Å². The van der Waals surface area contributed by atoms with Crippen molar-refractivity contribution in [2.75, 3.05) is 18.4 Å². The number of anilines is 1. The monoisotopic (exact) mass is 283 g/mol. The van der Waals surface area contributed by atoms with Crippen molar-refractivity contribution in [3.8, 4) is 11.3 Å². The first-order chi connectivity index (χ1) is 10.3. The van der Waals surface area contributed by atoms with Gasteiger partial charge in [-0.05, 0) is 37.9 Å². The van der Waals surface area contributed by atoms with Gasteiger partial charge in [-0.25, -0.2) is 4.98 Å². The van der Waals surface area contributed by atoms with E-state index in [-0.39, 0.29) is 0 Å². The molecule has 0 amide bonds. The number of nitrogens with one attached hydrogen (secondary N) is 1. The minimum absolute atomic E-state index is 0.604. The van der Waals surface area contributed by atoms with E-state index in [1.165, 1.54) is 38.0 Å². The van der Waals surface area contributed by atoms with Crippen LogP contribution in [-0.2, 0) is 0 Å². The van der Waals surface area contributed by atoms with Crippen LogP contribution in [0.15, 0.2) is 34.9 Å². The maximum atomic E-state index is 5.27. The van der Waals surface area contributed by atoms with Gasteiger partial charge >= 0.3 is 0 Å². The van der Waals surface area contributed by atoms with E-state index >= 15 is 0 Å². The molecule has 4 nitrogen and oxygen atoms in total. The molecule has 1 aromatic heterocycles. The Balaban J connectivity index is 1.47. The van der Waals surface area contributed by atoms with Gasteiger partial charge in [0.05, 0.1) is 0 Å². The van der Waals surface area contributed by atoms with Crippen LogP contribution in [-0.4, -0.2) is 35.1 Å². The first-order valence-corrected chi connectivity index (χ1v) is 7.83. The van der Waals surface area contributed by atoms with Crippen molar-refractivity contribution >= 4 is 5.69 Å². The molecule has 2 unspecified atom stereocenters. The lowest BCUT2D eigenvalue weighted by molar-refractivity contribution is 0.318. The van der Waals surface area contributed by atoms with Gasteiger partial charge in [0.15, 0.2) is 5.89 Å². The predicted molar refractivity (Wildman–Crippen MR) is 83.3 cm³/mol. The van der Waals surface area contributed by atoms with Crippen LogP contribution in [0.4, 0.5) is 5.69 Å². The van der Waals surface area contributed by atoms with Gasteiger partial charge in [0.2, 0.25) is 0 Å². The summed E-state index contributed by atoms with van der Waals surface area (Å²) in [5.41, 5.74) is 3.21. The smallest absolute Gasteiger partial charge is 0.191 e. The molecule has 3 heterocycles. The molecule has 0 bridgehead atoms. The number of nitrogens with zero attached hydrogens (tertiary/aromatic N) is 2. The molecule has 21 heavy (non-hydrogen) atoms. The van der Waals surface area contributed by atoms with Gasteiger partial charge in [0.1, 0.15) is 12.0 Å². The summed E-state index contributed by atoms with van der Waals surface area (Å²) in [5.74, 6) is 0.708. The van der Waals surface area contributed by atoms with Crippen LogP contribution in [0.2, 0.25) is 0 Å². The standard InChI is InChI=1S/C17H21N3O/c1-12-18-16(11-21-12)13-4-6-14(7-5-13)19-15-8-10-20-9-2-3-17(15)20/h4-7,11,15,17,19H,2-3,8-10H2,1H3. The molecular weight excluding hydrogens is 262 g/mol. The summed E-state index contributed by atoms with van der Waals surface area (Å²) in [7, 11) is 0. The maximum Gasteiger partial charge on any atom is 0.191 e. The lowest BCUT2D eigenvalue weighted by Gasteiger charge is -2.22. The van der Waals surface area contributed by atoms with Crippen LogP contribution >= 0.6 is 0 Å². The Hall–Kier alpha value is -1.81. The second-order valence-corrected chi connectivity index (χ2v) is 6.11. The van der Waals surface area contributed by atoms with Gasteiger partial charge in [0, 0.05) is 36.8 Å². The van der Waals surface area contributed by atoms with E-state index in [1.54, 1.807) is 6.26 Å². The molecule has 1 aromatic carbocycles. The van der Waals surface area contributed by atoms with Crippen LogP contribution in [0.5, 0.6) is 0 Å². The Bertz CT molecular complexity index is 619. The van der Waals surface area contributed by atoms with Crippen molar-refractivity contribution in [3.63, 3.8) is 0 Å². The molecule has 2 aliphatic heterocycles. The molecule has 110 valence electrons. The van der Waals surface area contributed by atoms with E-state index < -0.39 is 0 Å². The van der Waals surface area contributed by atoms with E-state index in [0.29, 0.717) is 11.9 Å². The highest BCUT2D eigenvalue weighted by molar-refractivity contribution is 5.62. The van der Waals surface area contributed by atoms with E-state index in [9.17, 15) is 0 Å². The number of hydrogen-bond acceptors (Lipinski definition) is 4. The normalized spacial score (nSPS) is 25.2. The quantitative estimate of drug-likeness (QED) is 0.938. The van der Waals surface area contributed by atoms with Crippen LogP contribution in [0, 0.1) is 6.92 Å². The summed E-state index contributed by atoms with van der Waals surface area (Å²) >= 11 is 0. The number of fused-ring (bicyclic) bond motifs is 1. The average Bonchev–Trinajstić information content (AvgIpc) is 3.18. The van der Waals surface area contributed by atoms with Crippen molar-refractivity contribution in [1.29, 1.82) is 0 Å². The molecule has 1 N–H and O–H groups in total. The molecular formula is C17H21N3O. The summed E-state index contributed by atoms with van der Waals surface area (Å²) in [6.45, 7) is 4.40. The number of oxazole rings is 1. The Labute approximate surface area is 125 Å². The highest BCUT2D eigenvalue weighted by atomic mass is 16.3. The number of aromatic nitrogens is 1. The van der Waals surface area contributed by atoms with Gasteiger partial charge in [-0.1, -0.05) is 12.1 Å². The summed E-state index contributed by atoms with van der Waals surface area (Å²) in [5, 5.41) is 3.71. The van der Waals surface area contributed by atoms with Crippen molar-refractivity contribution in [3.05, 3.63) is 36.4 Å². The lowest BCUT2D eigenvalue weighted by atomic mass is 10.1. The highest BCUT2D eigenvalue weighted by Crippen LogP contribution is 2.30. The topological polar surface area (TPSA) is 41.3 Å². The zero-order chi connectivity index (χ0) is 14.2. The fraction of sp³-hybridized carbons (Fsp3) is 0.471. The molecule has 0 saturated carbocycles. The SMILES string of the molecule is Cc1nc(-c2ccc(NC3CCN4CCCC34)cc2)co1. The maximum absolute atomic E-state index is 5.27. The Kier molecular flexibility index (Phi) is 3.19. The van der Waals surface area contributed by atoms with Gasteiger partial charge in [-0.15, -0.1) is 0 Å². The first kappa shape index (κ1) is 12.9.